The number of carbonyl (C=O) groups excluding carboxylic acids is 3. The van der Waals surface area contributed by atoms with E-state index in [-0.39, 0.29) is 30.7 Å². The van der Waals surface area contributed by atoms with Crippen molar-refractivity contribution >= 4 is 34.4 Å². The average molecular weight is 471 g/mol. The lowest BCUT2D eigenvalue weighted by Gasteiger charge is -2.18. The number of carbonyl (C=O) groups is 3. The van der Waals surface area contributed by atoms with Crippen molar-refractivity contribution in [2.24, 2.45) is 0 Å². The fraction of sp³-hybridized carbons (Fsp3) is 0.167. The van der Waals surface area contributed by atoms with E-state index in [0.29, 0.717) is 34.6 Å². The highest BCUT2D eigenvalue weighted by molar-refractivity contribution is 6.10. The van der Waals surface area contributed by atoms with Crippen LogP contribution < -0.4 is 15.4 Å². The Balaban J connectivity index is 1.31. The summed E-state index contributed by atoms with van der Waals surface area (Å²) in [5.74, 6) is -0.331. The first-order chi connectivity index (χ1) is 17.0. The van der Waals surface area contributed by atoms with E-state index >= 15 is 0 Å². The highest BCUT2D eigenvalue weighted by Gasteiger charge is 2.22. The summed E-state index contributed by atoms with van der Waals surface area (Å²) in [5, 5.41) is 5.55. The number of fused-ring (bicyclic) bond motifs is 2. The first kappa shape index (κ1) is 22.0. The van der Waals surface area contributed by atoms with Gasteiger partial charge in [-0.05, 0) is 29.3 Å². The minimum atomic E-state index is -0.431. The summed E-state index contributed by atoms with van der Waals surface area (Å²) in [5.41, 5.74) is 3.42. The Morgan fingerprint density at radius 1 is 1.20 bits per heavy atom. The van der Waals surface area contributed by atoms with Gasteiger partial charge in [0.15, 0.2) is 12.3 Å². The fourth-order valence-electron chi connectivity index (χ4n) is 3.82. The summed E-state index contributed by atoms with van der Waals surface area (Å²) in [6, 6.07) is 8.98. The fourth-order valence-corrected chi connectivity index (χ4v) is 3.82. The van der Waals surface area contributed by atoms with Crippen molar-refractivity contribution < 1.29 is 19.1 Å². The van der Waals surface area contributed by atoms with E-state index in [1.807, 2.05) is 12.1 Å². The smallest absolute Gasteiger partial charge is 0.272 e. The molecule has 0 radical (unpaired) electrons. The van der Waals surface area contributed by atoms with Crippen LogP contribution in [-0.4, -0.2) is 56.2 Å². The molecule has 1 aromatic carbocycles. The van der Waals surface area contributed by atoms with Gasteiger partial charge in [-0.15, -0.1) is 0 Å². The number of hydrogen-bond donors (Lipinski definition) is 3. The van der Waals surface area contributed by atoms with Crippen LogP contribution >= 0.6 is 0 Å². The Labute approximate surface area is 199 Å². The Morgan fingerprint density at radius 2 is 2.09 bits per heavy atom. The quantitative estimate of drug-likeness (QED) is 0.390. The summed E-state index contributed by atoms with van der Waals surface area (Å²) in [7, 11) is 1.69. The van der Waals surface area contributed by atoms with Gasteiger partial charge in [-0.3, -0.25) is 19.4 Å². The molecule has 1 aliphatic rings. The topological polar surface area (TPSA) is 142 Å². The number of aromatic nitrogens is 4. The first-order valence-electron chi connectivity index (χ1n) is 10.8. The SMILES string of the molecule is CN(Cc1cccnc1)C(=O)c1c[nH]c2c(C(=O)NCc3ccc4c(c3)NC(=O)CO4)ncnc12. The van der Waals surface area contributed by atoms with Crippen LogP contribution in [0.1, 0.15) is 32.0 Å². The van der Waals surface area contributed by atoms with Gasteiger partial charge in [0.05, 0.1) is 16.8 Å². The standard InChI is InChI=1S/C24H21N7O4/c1-31(11-15-3-2-6-25-8-15)24(34)16-10-26-21-20(16)28-13-29-22(21)23(33)27-9-14-4-5-18-17(7-14)30-19(32)12-35-18/h2-8,10,13,26H,9,11-12H2,1H3,(H,27,33)(H,30,32). The monoisotopic (exact) mass is 471 g/mol. The number of ether oxygens (including phenoxy) is 1. The zero-order valence-electron chi connectivity index (χ0n) is 18.7. The number of pyridine rings is 1. The molecule has 4 aromatic rings. The Kier molecular flexibility index (Phi) is 5.80. The van der Waals surface area contributed by atoms with E-state index in [1.54, 1.807) is 42.5 Å². The highest BCUT2D eigenvalue weighted by atomic mass is 16.5. The van der Waals surface area contributed by atoms with Crippen LogP contribution in [0.4, 0.5) is 5.69 Å². The van der Waals surface area contributed by atoms with E-state index in [9.17, 15) is 14.4 Å². The van der Waals surface area contributed by atoms with Crippen molar-refractivity contribution in [1.82, 2.24) is 30.2 Å². The van der Waals surface area contributed by atoms with Crippen molar-refractivity contribution in [3.8, 4) is 5.75 Å². The molecule has 3 aromatic heterocycles. The molecule has 11 heteroatoms. The molecule has 0 spiro atoms. The van der Waals surface area contributed by atoms with Gasteiger partial charge >= 0.3 is 0 Å². The lowest BCUT2D eigenvalue weighted by molar-refractivity contribution is -0.118. The van der Waals surface area contributed by atoms with E-state index in [4.69, 9.17) is 4.74 Å². The predicted molar refractivity (Wildman–Crippen MR) is 126 cm³/mol. The lowest BCUT2D eigenvalue weighted by atomic mass is 10.1. The number of benzene rings is 1. The van der Waals surface area contributed by atoms with Crippen molar-refractivity contribution in [3.05, 3.63) is 77.6 Å². The van der Waals surface area contributed by atoms with Gasteiger partial charge in [-0.25, -0.2) is 9.97 Å². The summed E-state index contributed by atoms with van der Waals surface area (Å²) >= 11 is 0. The average Bonchev–Trinajstić information content (AvgIpc) is 3.31. The predicted octanol–water partition coefficient (Wildman–Crippen LogP) is 1.89. The molecule has 5 rings (SSSR count). The minimum Gasteiger partial charge on any atom is -0.482 e. The molecule has 3 amide bonds. The highest BCUT2D eigenvalue weighted by Crippen LogP contribution is 2.28. The summed E-state index contributed by atoms with van der Waals surface area (Å²) in [6.07, 6.45) is 6.17. The second kappa shape index (κ2) is 9.21. The van der Waals surface area contributed by atoms with Crippen LogP contribution in [0.15, 0.2) is 55.2 Å². The van der Waals surface area contributed by atoms with Crippen LogP contribution in [0, 0.1) is 0 Å². The van der Waals surface area contributed by atoms with Crippen LogP contribution in [-0.2, 0) is 17.9 Å². The Hall–Kier alpha value is -4.80. The number of aromatic amines is 1. The van der Waals surface area contributed by atoms with Gasteiger partial charge in [-0.1, -0.05) is 12.1 Å². The third kappa shape index (κ3) is 4.51. The van der Waals surface area contributed by atoms with E-state index < -0.39 is 5.91 Å². The van der Waals surface area contributed by atoms with Gasteiger partial charge in [-0.2, -0.15) is 0 Å². The summed E-state index contributed by atoms with van der Waals surface area (Å²) in [6.45, 7) is 0.560. The number of nitrogens with one attached hydrogen (secondary N) is 3. The van der Waals surface area contributed by atoms with Crippen molar-refractivity contribution in [2.75, 3.05) is 19.0 Å². The van der Waals surface area contributed by atoms with Crippen molar-refractivity contribution in [3.63, 3.8) is 0 Å². The van der Waals surface area contributed by atoms with Crippen LogP contribution in [0.25, 0.3) is 11.0 Å². The Bertz CT molecular complexity index is 1430. The third-order valence-corrected chi connectivity index (χ3v) is 5.53. The number of amides is 3. The van der Waals surface area contributed by atoms with Gasteiger partial charge in [0.25, 0.3) is 17.7 Å². The van der Waals surface area contributed by atoms with Crippen LogP contribution in [0.3, 0.4) is 0 Å². The lowest BCUT2D eigenvalue weighted by Crippen LogP contribution is -2.27. The van der Waals surface area contributed by atoms with Gasteiger partial charge in [0.1, 0.15) is 17.6 Å². The number of anilines is 1. The summed E-state index contributed by atoms with van der Waals surface area (Å²) < 4.78 is 5.35. The molecule has 0 aliphatic carbocycles. The Morgan fingerprint density at radius 3 is 2.91 bits per heavy atom. The van der Waals surface area contributed by atoms with Gasteiger partial charge in [0, 0.05) is 38.7 Å². The maximum Gasteiger partial charge on any atom is 0.272 e. The number of nitrogens with zero attached hydrogens (tertiary/aromatic N) is 4. The van der Waals surface area contributed by atoms with Gasteiger partial charge in [0.2, 0.25) is 0 Å². The van der Waals surface area contributed by atoms with Gasteiger partial charge < -0.3 is 25.3 Å². The van der Waals surface area contributed by atoms with E-state index in [2.05, 4.69) is 30.6 Å². The zero-order chi connectivity index (χ0) is 24.4. The minimum absolute atomic E-state index is 0.0211. The molecule has 0 bridgehead atoms. The molecular weight excluding hydrogens is 450 g/mol. The molecular formula is C24H21N7O4. The van der Waals surface area contributed by atoms with Crippen molar-refractivity contribution in [2.45, 2.75) is 13.1 Å². The molecule has 0 saturated heterocycles. The van der Waals surface area contributed by atoms with Crippen LogP contribution in [0.5, 0.6) is 5.75 Å². The molecule has 176 valence electrons. The second-order valence-corrected chi connectivity index (χ2v) is 8.02. The normalized spacial score (nSPS) is 12.4. The largest absolute Gasteiger partial charge is 0.482 e. The number of H-pyrrole nitrogens is 1. The van der Waals surface area contributed by atoms with E-state index in [0.717, 1.165) is 11.1 Å². The molecule has 4 heterocycles. The summed E-state index contributed by atoms with van der Waals surface area (Å²) in [4.78, 5) is 54.4. The number of rotatable bonds is 6. The molecule has 0 fully saturated rings. The molecule has 35 heavy (non-hydrogen) atoms. The molecule has 0 unspecified atom stereocenters. The third-order valence-electron chi connectivity index (χ3n) is 5.53. The number of hydrogen-bond acceptors (Lipinski definition) is 7. The molecule has 11 nitrogen and oxygen atoms in total. The van der Waals surface area contributed by atoms with Crippen molar-refractivity contribution in [1.29, 1.82) is 0 Å². The van der Waals surface area contributed by atoms with Crippen LogP contribution in [0.2, 0.25) is 0 Å². The maximum absolute atomic E-state index is 13.0. The molecule has 1 aliphatic heterocycles. The first-order valence-corrected chi connectivity index (χ1v) is 10.8. The molecule has 0 saturated carbocycles. The second-order valence-electron chi connectivity index (χ2n) is 8.02. The molecule has 0 atom stereocenters. The zero-order valence-corrected chi connectivity index (χ0v) is 18.7. The van der Waals surface area contributed by atoms with E-state index in [1.165, 1.54) is 12.5 Å². The molecule has 3 N–H and O–H groups in total. The maximum atomic E-state index is 13.0.